The summed E-state index contributed by atoms with van der Waals surface area (Å²) in [6.45, 7) is 4.32. The number of ether oxygens (including phenoxy) is 1. The molecule has 3 rings (SSSR count). The van der Waals surface area contributed by atoms with Gasteiger partial charge in [-0.3, -0.25) is 4.90 Å². The van der Waals surface area contributed by atoms with Gasteiger partial charge in [0.15, 0.2) is 0 Å². The van der Waals surface area contributed by atoms with E-state index in [1.165, 1.54) is 49.9 Å². The third-order valence-electron chi connectivity index (χ3n) is 5.74. The average molecular weight is 397 g/mol. The lowest BCUT2D eigenvalue weighted by atomic mass is 9.90. The number of rotatable bonds is 10. The quantitative estimate of drug-likeness (QED) is 0.662. The summed E-state index contributed by atoms with van der Waals surface area (Å²) in [7, 11) is 3.90. The maximum Gasteiger partial charge on any atom is 0.119 e. The average Bonchev–Trinajstić information content (AvgIpc) is 2.73. The second kappa shape index (κ2) is 11.3. The molecule has 29 heavy (non-hydrogen) atoms. The highest BCUT2D eigenvalue weighted by atomic mass is 16.5. The van der Waals surface area contributed by atoms with Gasteiger partial charge >= 0.3 is 0 Å². The van der Waals surface area contributed by atoms with Crippen LogP contribution in [0.2, 0.25) is 0 Å². The first-order valence-corrected chi connectivity index (χ1v) is 10.9. The van der Waals surface area contributed by atoms with Crippen molar-refractivity contribution >= 4 is 0 Å². The van der Waals surface area contributed by atoms with E-state index in [-0.39, 0.29) is 0 Å². The molecule has 2 aromatic carbocycles. The van der Waals surface area contributed by atoms with Crippen molar-refractivity contribution < 1.29 is 9.84 Å². The smallest absolute Gasteiger partial charge is 0.119 e. The lowest BCUT2D eigenvalue weighted by molar-refractivity contribution is 0.0831. The molecule has 4 nitrogen and oxygen atoms in total. The third kappa shape index (κ3) is 7.81. The fourth-order valence-electron chi connectivity index (χ4n) is 4.06. The van der Waals surface area contributed by atoms with Crippen molar-refractivity contribution in [2.75, 3.05) is 40.3 Å². The molecule has 4 heteroatoms. The van der Waals surface area contributed by atoms with Gasteiger partial charge in [-0.25, -0.2) is 0 Å². The number of piperidine rings is 1. The van der Waals surface area contributed by atoms with Crippen molar-refractivity contribution in [2.45, 2.75) is 38.3 Å². The van der Waals surface area contributed by atoms with Gasteiger partial charge in [0.1, 0.15) is 18.5 Å². The minimum atomic E-state index is -0.465. The Hall–Kier alpha value is -1.88. The molecule has 1 N–H and O–H groups in total. The third-order valence-corrected chi connectivity index (χ3v) is 5.74. The molecular weight excluding hydrogens is 360 g/mol. The van der Waals surface area contributed by atoms with Crippen LogP contribution in [0.25, 0.3) is 0 Å². The van der Waals surface area contributed by atoms with Crippen molar-refractivity contribution in [1.82, 2.24) is 9.80 Å². The molecule has 0 aromatic heterocycles. The van der Waals surface area contributed by atoms with Gasteiger partial charge in [0.25, 0.3) is 0 Å². The van der Waals surface area contributed by atoms with E-state index in [1.54, 1.807) is 0 Å². The van der Waals surface area contributed by atoms with E-state index in [0.717, 1.165) is 18.2 Å². The molecule has 0 bridgehead atoms. The predicted octanol–water partition coefficient (Wildman–Crippen LogP) is 3.83. The number of likely N-dealkylation sites (N-methyl/N-ethyl adjacent to an activating group) is 1. The summed E-state index contributed by atoms with van der Waals surface area (Å²) in [5.74, 6) is 1.68. The Kier molecular flexibility index (Phi) is 8.53. The van der Waals surface area contributed by atoms with Crippen LogP contribution < -0.4 is 4.74 Å². The summed E-state index contributed by atoms with van der Waals surface area (Å²) in [6, 6.07) is 19.2. The molecule has 1 aliphatic rings. The summed E-state index contributed by atoms with van der Waals surface area (Å²) in [5, 5.41) is 9.90. The van der Waals surface area contributed by atoms with Crippen LogP contribution in [0.1, 0.15) is 30.4 Å². The predicted molar refractivity (Wildman–Crippen MR) is 119 cm³/mol. The Bertz CT molecular complexity index is 695. The van der Waals surface area contributed by atoms with Crippen molar-refractivity contribution in [3.05, 3.63) is 65.7 Å². The second-order valence-corrected chi connectivity index (χ2v) is 8.61. The molecule has 0 radical (unpaired) electrons. The molecule has 1 heterocycles. The Morgan fingerprint density at radius 3 is 2.34 bits per heavy atom. The monoisotopic (exact) mass is 396 g/mol. The van der Waals surface area contributed by atoms with E-state index >= 15 is 0 Å². The first-order chi connectivity index (χ1) is 14.1. The molecule has 1 aliphatic heterocycles. The van der Waals surface area contributed by atoms with Gasteiger partial charge in [0, 0.05) is 13.1 Å². The zero-order chi connectivity index (χ0) is 20.5. The summed E-state index contributed by atoms with van der Waals surface area (Å²) < 4.78 is 5.70. The summed E-state index contributed by atoms with van der Waals surface area (Å²) in [5.41, 5.74) is 2.79. The minimum absolute atomic E-state index is 0.327. The van der Waals surface area contributed by atoms with Crippen LogP contribution in [0.5, 0.6) is 5.75 Å². The van der Waals surface area contributed by atoms with Gasteiger partial charge in [-0.1, -0.05) is 42.5 Å². The standard InChI is InChI=1S/C25H36N2O2/c1-26(2)19-24(28)20-29-25-12-10-23(11-13-25)18-27-16-14-22(15-17-27)9-8-21-6-4-3-5-7-21/h3-7,10-13,22,24,28H,8-9,14-20H2,1-2H3. The van der Waals surface area contributed by atoms with E-state index in [9.17, 15) is 5.11 Å². The number of aryl methyl sites for hydroxylation is 1. The van der Waals surface area contributed by atoms with Crippen LogP contribution in [0.4, 0.5) is 0 Å². The molecule has 1 unspecified atom stereocenters. The largest absolute Gasteiger partial charge is 0.491 e. The van der Waals surface area contributed by atoms with Crippen LogP contribution in [0.15, 0.2) is 54.6 Å². The van der Waals surface area contributed by atoms with Gasteiger partial charge < -0.3 is 14.7 Å². The Balaban J connectivity index is 1.35. The van der Waals surface area contributed by atoms with E-state index in [1.807, 2.05) is 31.1 Å². The molecule has 0 spiro atoms. The van der Waals surface area contributed by atoms with Crippen LogP contribution in [0.3, 0.4) is 0 Å². The van der Waals surface area contributed by atoms with Crippen LogP contribution in [-0.2, 0) is 13.0 Å². The summed E-state index contributed by atoms with van der Waals surface area (Å²) in [6.07, 6.45) is 4.66. The zero-order valence-electron chi connectivity index (χ0n) is 18.0. The first-order valence-electron chi connectivity index (χ1n) is 10.9. The zero-order valence-corrected chi connectivity index (χ0v) is 18.0. The van der Waals surface area contributed by atoms with Crippen LogP contribution in [-0.4, -0.2) is 61.3 Å². The highest BCUT2D eigenvalue weighted by Gasteiger charge is 2.19. The Morgan fingerprint density at radius 1 is 1.00 bits per heavy atom. The lowest BCUT2D eigenvalue weighted by Crippen LogP contribution is -2.33. The number of hydrogen-bond donors (Lipinski definition) is 1. The van der Waals surface area contributed by atoms with Crippen LogP contribution in [0, 0.1) is 5.92 Å². The molecule has 158 valence electrons. The van der Waals surface area contributed by atoms with Gasteiger partial charge in [-0.15, -0.1) is 0 Å². The van der Waals surface area contributed by atoms with Gasteiger partial charge in [0.2, 0.25) is 0 Å². The van der Waals surface area contributed by atoms with Gasteiger partial charge in [0.05, 0.1) is 0 Å². The summed E-state index contributed by atoms with van der Waals surface area (Å²) in [4.78, 5) is 4.53. The minimum Gasteiger partial charge on any atom is -0.491 e. The molecule has 1 atom stereocenters. The van der Waals surface area contributed by atoms with Crippen molar-refractivity contribution in [2.24, 2.45) is 5.92 Å². The van der Waals surface area contributed by atoms with E-state index in [0.29, 0.717) is 13.2 Å². The van der Waals surface area contributed by atoms with E-state index in [4.69, 9.17) is 4.74 Å². The molecule has 0 aliphatic carbocycles. The number of nitrogens with zero attached hydrogens (tertiary/aromatic N) is 2. The lowest BCUT2D eigenvalue weighted by Gasteiger charge is -2.32. The second-order valence-electron chi connectivity index (χ2n) is 8.61. The highest BCUT2D eigenvalue weighted by Crippen LogP contribution is 2.24. The molecule has 1 fully saturated rings. The van der Waals surface area contributed by atoms with Crippen molar-refractivity contribution in [1.29, 1.82) is 0 Å². The molecule has 0 saturated carbocycles. The maximum absolute atomic E-state index is 9.90. The Labute approximate surface area is 176 Å². The topological polar surface area (TPSA) is 35.9 Å². The Morgan fingerprint density at radius 2 is 1.69 bits per heavy atom. The van der Waals surface area contributed by atoms with E-state index in [2.05, 4.69) is 47.4 Å². The number of benzene rings is 2. The first kappa shape index (κ1) is 21.8. The number of aliphatic hydroxyl groups excluding tert-OH is 1. The number of hydrogen-bond acceptors (Lipinski definition) is 4. The normalized spacial score (nSPS) is 16.8. The highest BCUT2D eigenvalue weighted by molar-refractivity contribution is 5.27. The van der Waals surface area contributed by atoms with Crippen LogP contribution >= 0.6 is 0 Å². The van der Waals surface area contributed by atoms with Gasteiger partial charge in [-0.2, -0.15) is 0 Å². The number of likely N-dealkylation sites (tertiary alicyclic amines) is 1. The number of aliphatic hydroxyl groups is 1. The fraction of sp³-hybridized carbons (Fsp3) is 0.520. The van der Waals surface area contributed by atoms with Crippen molar-refractivity contribution in [3.63, 3.8) is 0 Å². The molecule has 2 aromatic rings. The molecular formula is C25H36N2O2. The van der Waals surface area contributed by atoms with E-state index < -0.39 is 6.10 Å². The SMILES string of the molecule is CN(C)CC(O)COc1ccc(CN2CCC(CCc3ccccc3)CC2)cc1. The maximum atomic E-state index is 9.90. The fourth-order valence-corrected chi connectivity index (χ4v) is 4.06. The molecule has 0 amide bonds. The summed E-state index contributed by atoms with van der Waals surface area (Å²) >= 11 is 0. The van der Waals surface area contributed by atoms with Crippen molar-refractivity contribution in [3.8, 4) is 5.75 Å². The molecule has 1 saturated heterocycles. The van der Waals surface area contributed by atoms with Gasteiger partial charge in [-0.05, 0) is 82.0 Å².